The molecule has 834 valence electrons. The van der Waals surface area contributed by atoms with Crippen LogP contribution in [0.25, 0.3) is 0 Å². The Bertz CT molecular complexity index is 4590. The summed E-state index contributed by atoms with van der Waals surface area (Å²) in [5, 5.41) is 4.23. The molecule has 6 aromatic carbocycles. The van der Waals surface area contributed by atoms with Gasteiger partial charge in [0.2, 0.25) is 0 Å². The van der Waals surface area contributed by atoms with Gasteiger partial charge in [0.25, 0.3) is 0 Å². The van der Waals surface area contributed by atoms with E-state index in [9.17, 15) is 8.78 Å². The number of rotatable bonds is 15. The van der Waals surface area contributed by atoms with Crippen LogP contribution >= 0.6 is 0 Å². The fourth-order valence-corrected chi connectivity index (χ4v) is 17.3. The van der Waals surface area contributed by atoms with Crippen LogP contribution in [0, 0.1) is 130 Å². The molecule has 0 unspecified atom stereocenters. The van der Waals surface area contributed by atoms with Gasteiger partial charge in [0.05, 0.1) is 12.0 Å². The topological polar surface area (TPSA) is 43.9 Å². The fourth-order valence-electron chi connectivity index (χ4n) is 17.3. The molecule has 0 amide bonds. The van der Waals surface area contributed by atoms with Gasteiger partial charge in [0, 0.05) is 31.1 Å². The fraction of sp³-hybridized carbons (Fsp3) is 0.573. The first kappa shape index (κ1) is 138. The van der Waals surface area contributed by atoms with E-state index in [-0.39, 0.29) is 17.6 Å². The van der Waals surface area contributed by atoms with Crippen LogP contribution in [0.5, 0.6) is 0 Å². The van der Waals surface area contributed by atoms with Crippen molar-refractivity contribution in [3.8, 4) is 0 Å². The molecule has 9 aliphatic rings. The Balaban J connectivity index is 0.000000791. The maximum absolute atomic E-state index is 12.8. The number of furan rings is 1. The highest BCUT2D eigenvalue weighted by molar-refractivity contribution is 5.36. The van der Waals surface area contributed by atoms with Crippen molar-refractivity contribution in [1.82, 2.24) is 14.8 Å². The number of hydrogen-bond donors (Lipinski definition) is 0. The smallest absolute Gasteiger partial charge is 0.126 e. The molecule has 0 aliphatic heterocycles. The lowest BCUT2D eigenvalue weighted by Gasteiger charge is -2.28. The van der Waals surface area contributed by atoms with Gasteiger partial charge in [0.1, 0.15) is 17.4 Å². The predicted molar refractivity (Wildman–Crippen MR) is 659 cm³/mol. The first-order chi connectivity index (χ1) is 70.6. The standard InChI is InChI=1S/3C10H14.2C9H11F.2C9H18.C9H12.C8H11N.C8H16.C8H12.C7H12N2.C7H10O.C7H14.C7H7.C6H12.C6H11.C4H7/c2*1-8(2)10-6-4-9(3)5-7-10;1-8(2)10-6-4-5-9(3)7-10;1-7(2)8-4-3-5-9(10)6-8;1-7(2)8-5-3-4-6-9(8)10;3*1-8(2)9-6-4-3-5-7-9;1-7(2)8-5-3-4-6-9-8;2*1-7(2)8-5-3-4-6-8;1-6(2)7-4-5-9(3)8-7;1-6(2)7-4-3-5-8-7;1-6(2)7-4-3-5-7;1-7-5-3-2-4-6-7;1-5(2)6-3-4-6;1-6-4-2-3-5-6;1-4-2-3-4/h3*4-8H,1-3H3;2*3-7H,1-2H3;2*8-9H,3-7H2,1-2H3;3-8H,1-2H3;3-7H,1-2H3;7-8H,3-6H2,1-2H3;3,5-7H,4H2,1-2H3;4-6H,1-3H3;3-6H,1-2H3;6-7H,3-5H2,1-2H3;2-6H,1H2;5-6H,3-4H2,1-2H3;6H,1-5H2;4H,1-3H2/q;;;;;;;;;;;;;;-1;;2*-1. The molecule has 149 heavy (non-hydrogen) atoms. The van der Waals surface area contributed by atoms with Gasteiger partial charge >= 0.3 is 0 Å². The lowest BCUT2D eigenvalue weighted by atomic mass is 9.78. The Morgan fingerprint density at radius 3 is 0.973 bits per heavy atom. The quantitative estimate of drug-likeness (QED) is 0.0961. The molecule has 6 heteroatoms. The second-order valence-corrected chi connectivity index (χ2v) is 48.0. The average molecular weight is 2040 g/mol. The van der Waals surface area contributed by atoms with Gasteiger partial charge in [-0.1, -0.05) is 530 Å². The summed E-state index contributed by atoms with van der Waals surface area (Å²) in [7, 11) is 1.94. The van der Waals surface area contributed by atoms with E-state index in [4.69, 9.17) is 4.42 Å². The number of benzene rings is 6. The van der Waals surface area contributed by atoms with Crippen molar-refractivity contribution in [3.05, 3.63) is 366 Å². The lowest BCUT2D eigenvalue weighted by molar-refractivity contribution is 0.235. The molecule has 0 saturated heterocycles. The van der Waals surface area contributed by atoms with E-state index < -0.39 is 0 Å². The molecule has 9 aliphatic carbocycles. The second-order valence-electron chi connectivity index (χ2n) is 48.0. The van der Waals surface area contributed by atoms with Crippen LogP contribution in [0.15, 0.2) is 271 Å². The Hall–Kier alpha value is -8.61. The number of hydrogen-bond acceptors (Lipinski definition) is 3. The molecule has 0 spiro atoms. The molecule has 4 nitrogen and oxygen atoms in total. The molecule has 18 rings (SSSR count). The van der Waals surface area contributed by atoms with Crippen LogP contribution < -0.4 is 0 Å². The van der Waals surface area contributed by atoms with Gasteiger partial charge in [-0.05, 0) is 240 Å². The number of aryl methyl sites for hydroxylation is 4. The highest BCUT2D eigenvalue weighted by Gasteiger charge is 2.25. The van der Waals surface area contributed by atoms with Crippen molar-refractivity contribution in [3.63, 3.8) is 0 Å². The summed E-state index contributed by atoms with van der Waals surface area (Å²) in [6.45, 7) is 84.1. The minimum absolute atomic E-state index is 0.0995. The predicted octanol–water partition coefficient (Wildman–Crippen LogP) is 45.6. The molecule has 0 N–H and O–H groups in total. The monoisotopic (exact) mass is 2040 g/mol. The molecule has 7 fully saturated rings. The van der Waals surface area contributed by atoms with Crippen LogP contribution in [0.2, 0.25) is 0 Å². The third-order valence-corrected chi connectivity index (χ3v) is 29.1. The molecule has 3 aromatic heterocycles. The van der Waals surface area contributed by atoms with Crippen molar-refractivity contribution in [2.24, 2.45) is 84.0 Å². The molecule has 0 bridgehead atoms. The summed E-state index contributed by atoms with van der Waals surface area (Å²) < 4.78 is 32.3. The maximum Gasteiger partial charge on any atom is 0.126 e. The molecule has 9 aromatic rings. The summed E-state index contributed by atoms with van der Waals surface area (Å²) >= 11 is 0. The molecule has 7 saturated carbocycles. The van der Waals surface area contributed by atoms with E-state index in [1.54, 1.807) is 24.5 Å². The van der Waals surface area contributed by atoms with Gasteiger partial charge in [-0.25, -0.2) is 8.78 Å². The van der Waals surface area contributed by atoms with Gasteiger partial charge in [-0.3, -0.25) is 9.67 Å². The lowest BCUT2D eigenvalue weighted by Crippen LogP contribution is -2.16. The van der Waals surface area contributed by atoms with Crippen molar-refractivity contribution in [2.75, 3.05) is 0 Å². The van der Waals surface area contributed by atoms with E-state index in [0.29, 0.717) is 53.3 Å². The van der Waals surface area contributed by atoms with Crippen LogP contribution in [0.3, 0.4) is 0 Å². The largest absolute Gasteiger partial charge is 0.469 e. The van der Waals surface area contributed by atoms with Crippen molar-refractivity contribution in [2.45, 2.75) is 449 Å². The molecule has 0 atom stereocenters. The van der Waals surface area contributed by atoms with E-state index in [0.717, 1.165) is 111 Å². The number of pyridine rings is 1. The zero-order chi connectivity index (χ0) is 112. The number of halogens is 2. The van der Waals surface area contributed by atoms with Crippen LogP contribution in [-0.4, -0.2) is 14.8 Å². The van der Waals surface area contributed by atoms with E-state index in [2.05, 4.69) is 360 Å². The summed E-state index contributed by atoms with van der Waals surface area (Å²) in [4.78, 5) is 4.18. The molecule has 3 heterocycles. The summed E-state index contributed by atoms with van der Waals surface area (Å²) in [5.74, 6) is 18.2. The van der Waals surface area contributed by atoms with Crippen LogP contribution in [-0.2, 0) is 7.05 Å². The van der Waals surface area contributed by atoms with E-state index in [1.165, 1.54) is 217 Å². The number of aromatic nitrogens is 3. The molecular formula is C143H224F2N3O-3. The summed E-state index contributed by atoms with van der Waals surface area (Å²) in [6, 6.07) is 62.2. The normalized spacial score (nSPS) is 15.4. The minimum atomic E-state index is -0.147. The van der Waals surface area contributed by atoms with E-state index >= 15 is 0 Å². The van der Waals surface area contributed by atoms with Gasteiger partial charge < -0.3 is 18.3 Å². The van der Waals surface area contributed by atoms with E-state index in [1.807, 2.05) is 129 Å². The van der Waals surface area contributed by atoms with Crippen molar-refractivity contribution >= 4 is 0 Å². The van der Waals surface area contributed by atoms with Gasteiger partial charge in [-0.2, -0.15) is 29.1 Å². The van der Waals surface area contributed by atoms with Gasteiger partial charge in [0.15, 0.2) is 0 Å². The van der Waals surface area contributed by atoms with Crippen molar-refractivity contribution in [1.29, 1.82) is 0 Å². The SMILES string of the molecule is C=C1C=CC=C[CH-]1.CC(C)C1=CCC=C1.CC(C)C1CC1.CC(C)C1CCC1.CC(C)C1CCCC1.CC(C)C1CCCCC1.CC(C)C1CCCCC1.CC(C)c1cccc(F)c1.CC(C)c1ccccc1.CC(C)c1ccccc1F.CC(C)c1ccccn1.CC(C)c1ccco1.CC(C)c1ccn(C)n1.Cc1ccc(C(C)C)cc1.Cc1ccc(C(C)C)cc1.Cc1cccc(C(C)C)c1.[CH2-]C1CC1.[CH2-]C1CCCC1. The Morgan fingerprint density at radius 2 is 0.745 bits per heavy atom. The van der Waals surface area contributed by atoms with Crippen LogP contribution in [0.1, 0.15) is 495 Å². The highest BCUT2D eigenvalue weighted by Crippen LogP contribution is 2.37. The summed E-state index contributed by atoms with van der Waals surface area (Å²) in [6.07, 6.45) is 59.9. The zero-order valence-electron chi connectivity index (χ0n) is 102. The molecule has 0 radical (unpaired) electrons. The highest BCUT2D eigenvalue weighted by atomic mass is 19.1. The Kier molecular flexibility index (Phi) is 77.1. The third-order valence-electron chi connectivity index (χ3n) is 29.1. The first-order valence-corrected chi connectivity index (χ1v) is 59.2. The molecular weight excluding hydrogens is 1810 g/mol. The third kappa shape index (κ3) is 71.8. The van der Waals surface area contributed by atoms with Crippen molar-refractivity contribution < 1.29 is 13.2 Å². The van der Waals surface area contributed by atoms with Gasteiger partial charge in [-0.15, -0.1) is 30.7 Å². The number of nitrogens with zero attached hydrogens (tertiary/aromatic N) is 3. The maximum atomic E-state index is 12.8. The summed E-state index contributed by atoms with van der Waals surface area (Å²) in [5.41, 5.74) is 16.5. The van der Waals surface area contributed by atoms with Crippen LogP contribution in [0.4, 0.5) is 8.78 Å². The second kappa shape index (κ2) is 83.0. The first-order valence-electron chi connectivity index (χ1n) is 59.2. The number of allylic oxidation sites excluding steroid dienone is 9. The zero-order valence-corrected chi connectivity index (χ0v) is 102. The Labute approximate surface area is 920 Å². The minimum Gasteiger partial charge on any atom is -0.469 e. The Morgan fingerprint density at radius 1 is 0.342 bits per heavy atom. The average Bonchev–Trinajstić information content (AvgIpc) is 1.25.